The molecule has 0 bridgehead atoms. The van der Waals surface area contributed by atoms with E-state index in [0.717, 1.165) is 38.5 Å². The van der Waals surface area contributed by atoms with E-state index in [1.807, 2.05) is 0 Å². The summed E-state index contributed by atoms with van der Waals surface area (Å²) in [6.45, 7) is 6.59. The van der Waals surface area contributed by atoms with Gasteiger partial charge in [0.15, 0.2) is 5.82 Å². The first-order valence-electron chi connectivity index (χ1n) is 8.77. The van der Waals surface area contributed by atoms with Crippen LogP contribution in [0.5, 0.6) is 0 Å². The second-order valence-corrected chi connectivity index (χ2v) is 6.80. The number of nitriles is 2. The maximum atomic E-state index is 9.20. The Bertz CT molecular complexity index is 618. The van der Waals surface area contributed by atoms with E-state index < -0.39 is 0 Å². The van der Waals surface area contributed by atoms with Gasteiger partial charge >= 0.3 is 0 Å². The third-order valence-corrected chi connectivity index (χ3v) is 4.98. The third kappa shape index (κ3) is 4.11. The van der Waals surface area contributed by atoms with E-state index in [1.54, 1.807) is 0 Å². The Hall–Kier alpha value is -1.96. The fraction of sp³-hybridized carbons (Fsp3) is 0.765. The van der Waals surface area contributed by atoms with Crippen LogP contribution in [-0.2, 0) is 0 Å². The maximum absolute atomic E-state index is 9.20. The van der Waals surface area contributed by atoms with Crippen LogP contribution in [0.1, 0.15) is 56.3 Å². The summed E-state index contributed by atoms with van der Waals surface area (Å²) in [6.07, 6.45) is 3.47. The Morgan fingerprint density at radius 1 is 1.25 bits per heavy atom. The van der Waals surface area contributed by atoms with Crippen LogP contribution < -0.4 is 0 Å². The van der Waals surface area contributed by atoms with Crippen LogP contribution in [0.15, 0.2) is 4.52 Å². The van der Waals surface area contributed by atoms with Crippen LogP contribution in [0, 0.1) is 28.6 Å². The van der Waals surface area contributed by atoms with Gasteiger partial charge in [-0.25, -0.2) is 0 Å². The highest BCUT2D eigenvalue weighted by atomic mass is 16.5. The number of piperazine rings is 1. The summed E-state index contributed by atoms with van der Waals surface area (Å²) in [5.41, 5.74) is 0. The molecule has 1 saturated carbocycles. The Labute approximate surface area is 142 Å². The van der Waals surface area contributed by atoms with Gasteiger partial charge in [-0.3, -0.25) is 9.80 Å². The number of rotatable bonds is 7. The van der Waals surface area contributed by atoms with Gasteiger partial charge in [0.2, 0.25) is 5.89 Å². The molecule has 24 heavy (non-hydrogen) atoms. The summed E-state index contributed by atoms with van der Waals surface area (Å²) >= 11 is 0. The highest BCUT2D eigenvalue weighted by Crippen LogP contribution is 2.38. The topological polar surface area (TPSA) is 93.0 Å². The van der Waals surface area contributed by atoms with Gasteiger partial charge in [0.25, 0.3) is 0 Å². The van der Waals surface area contributed by atoms with E-state index in [-0.39, 0.29) is 12.0 Å². The smallest absolute Gasteiger partial charge is 0.243 e. The minimum atomic E-state index is -0.0503. The highest BCUT2D eigenvalue weighted by molar-refractivity contribution is 5.05. The SMILES string of the molecule is CC(c1nc(C2CC2)no1)N1CCN(CC(C#N)CCC#N)CC1. The number of nitrogens with zero attached hydrogens (tertiary/aromatic N) is 6. The van der Waals surface area contributed by atoms with E-state index in [9.17, 15) is 5.26 Å². The second-order valence-electron chi connectivity index (χ2n) is 6.80. The molecule has 2 aliphatic rings. The summed E-state index contributed by atoms with van der Waals surface area (Å²) in [5, 5.41) is 22.0. The quantitative estimate of drug-likeness (QED) is 0.756. The number of hydrogen-bond acceptors (Lipinski definition) is 7. The lowest BCUT2D eigenvalue weighted by molar-refractivity contribution is 0.0828. The zero-order chi connectivity index (χ0) is 16.9. The first kappa shape index (κ1) is 16.9. The van der Waals surface area contributed by atoms with Crippen LogP contribution in [0.3, 0.4) is 0 Å². The number of hydrogen-bond donors (Lipinski definition) is 0. The molecule has 0 radical (unpaired) electrons. The molecular formula is C17H24N6O. The molecule has 0 amide bonds. The van der Waals surface area contributed by atoms with Crippen molar-refractivity contribution < 1.29 is 4.52 Å². The first-order chi connectivity index (χ1) is 11.7. The van der Waals surface area contributed by atoms with Crippen molar-refractivity contribution in [2.45, 2.75) is 44.6 Å². The van der Waals surface area contributed by atoms with Gasteiger partial charge < -0.3 is 4.52 Å². The second kappa shape index (κ2) is 7.74. The van der Waals surface area contributed by atoms with Crippen molar-refractivity contribution in [3.63, 3.8) is 0 Å². The molecule has 2 fully saturated rings. The van der Waals surface area contributed by atoms with Crippen LogP contribution in [0.4, 0.5) is 0 Å². The van der Waals surface area contributed by atoms with Gasteiger partial charge in [-0.15, -0.1) is 0 Å². The molecule has 1 saturated heterocycles. The van der Waals surface area contributed by atoms with Crippen LogP contribution >= 0.6 is 0 Å². The average Bonchev–Trinajstić information content (AvgIpc) is 3.35. The molecule has 2 heterocycles. The molecule has 2 atom stereocenters. The zero-order valence-corrected chi connectivity index (χ0v) is 14.2. The standard InChI is InChI=1S/C17H24N6O/c1-13(17-20-16(21-24-17)15-4-5-15)23-9-7-22(8-10-23)12-14(11-19)3-2-6-18/h13-15H,2-5,7-10,12H2,1H3. The zero-order valence-electron chi connectivity index (χ0n) is 14.2. The van der Waals surface area contributed by atoms with Gasteiger partial charge in [-0.2, -0.15) is 15.5 Å². The van der Waals surface area contributed by atoms with Crippen molar-refractivity contribution >= 4 is 0 Å². The molecule has 0 aromatic carbocycles. The van der Waals surface area contributed by atoms with Crippen molar-refractivity contribution in [1.82, 2.24) is 19.9 Å². The summed E-state index contributed by atoms with van der Waals surface area (Å²) < 4.78 is 5.44. The molecular weight excluding hydrogens is 304 g/mol. The predicted molar refractivity (Wildman–Crippen MR) is 86.7 cm³/mol. The van der Waals surface area contributed by atoms with E-state index in [0.29, 0.717) is 24.7 Å². The normalized spacial score (nSPS) is 21.8. The molecule has 1 aliphatic carbocycles. The molecule has 1 aromatic heterocycles. The van der Waals surface area contributed by atoms with Crippen LogP contribution in [-0.4, -0.2) is 52.7 Å². The van der Waals surface area contributed by atoms with E-state index in [4.69, 9.17) is 9.78 Å². The minimum Gasteiger partial charge on any atom is -0.338 e. The first-order valence-corrected chi connectivity index (χ1v) is 8.77. The van der Waals surface area contributed by atoms with Crippen molar-refractivity contribution in [2.75, 3.05) is 32.7 Å². The average molecular weight is 328 g/mol. The third-order valence-electron chi connectivity index (χ3n) is 4.98. The monoisotopic (exact) mass is 328 g/mol. The summed E-state index contributed by atoms with van der Waals surface area (Å²) in [6, 6.07) is 4.58. The van der Waals surface area contributed by atoms with Crippen molar-refractivity contribution in [3.8, 4) is 12.1 Å². The van der Waals surface area contributed by atoms with Gasteiger partial charge in [-0.1, -0.05) is 5.16 Å². The highest BCUT2D eigenvalue weighted by Gasteiger charge is 2.31. The van der Waals surface area contributed by atoms with E-state index in [2.05, 4.69) is 39.0 Å². The Morgan fingerprint density at radius 3 is 2.62 bits per heavy atom. The van der Waals surface area contributed by atoms with Gasteiger partial charge in [0.1, 0.15) is 0 Å². The summed E-state index contributed by atoms with van der Waals surface area (Å²) in [5.74, 6) is 2.05. The fourth-order valence-corrected chi connectivity index (χ4v) is 3.16. The Balaban J connectivity index is 1.47. The lowest BCUT2D eigenvalue weighted by Gasteiger charge is -2.37. The fourth-order valence-electron chi connectivity index (χ4n) is 3.16. The van der Waals surface area contributed by atoms with Gasteiger partial charge in [-0.05, 0) is 26.2 Å². The predicted octanol–water partition coefficient (Wildman–Crippen LogP) is 2.07. The minimum absolute atomic E-state index is 0.0503. The van der Waals surface area contributed by atoms with Crippen molar-refractivity contribution in [3.05, 3.63) is 11.7 Å². The largest absolute Gasteiger partial charge is 0.338 e. The molecule has 1 aromatic rings. The molecule has 3 rings (SSSR count). The maximum Gasteiger partial charge on any atom is 0.243 e. The summed E-state index contributed by atoms with van der Waals surface area (Å²) in [4.78, 5) is 9.23. The van der Waals surface area contributed by atoms with E-state index in [1.165, 1.54) is 12.8 Å². The van der Waals surface area contributed by atoms with Crippen molar-refractivity contribution in [2.24, 2.45) is 5.92 Å². The Morgan fingerprint density at radius 2 is 2.00 bits per heavy atom. The molecule has 1 aliphatic heterocycles. The molecule has 7 nitrogen and oxygen atoms in total. The van der Waals surface area contributed by atoms with Crippen LogP contribution in [0.25, 0.3) is 0 Å². The lowest BCUT2D eigenvalue weighted by atomic mass is 10.0. The van der Waals surface area contributed by atoms with Gasteiger partial charge in [0, 0.05) is 45.1 Å². The molecule has 0 N–H and O–H groups in total. The lowest BCUT2D eigenvalue weighted by Crippen LogP contribution is -2.48. The molecule has 2 unspecified atom stereocenters. The van der Waals surface area contributed by atoms with Gasteiger partial charge in [0.05, 0.1) is 24.1 Å². The number of aromatic nitrogens is 2. The molecule has 7 heteroatoms. The molecule has 128 valence electrons. The molecule has 0 spiro atoms. The van der Waals surface area contributed by atoms with Crippen molar-refractivity contribution in [1.29, 1.82) is 10.5 Å². The summed E-state index contributed by atoms with van der Waals surface area (Å²) in [7, 11) is 0. The Kier molecular flexibility index (Phi) is 5.44. The van der Waals surface area contributed by atoms with Crippen LogP contribution in [0.2, 0.25) is 0 Å². The van der Waals surface area contributed by atoms with E-state index >= 15 is 0 Å².